The number of likely N-dealkylation sites (N-methyl/N-ethyl adjacent to an activating group) is 1. The molecule has 0 amide bonds. The van der Waals surface area contributed by atoms with Gasteiger partial charge in [0.2, 0.25) is 5.95 Å². The van der Waals surface area contributed by atoms with Crippen molar-refractivity contribution in [2.45, 2.75) is 40.7 Å². The molecule has 0 saturated heterocycles. The average molecular weight is 411 g/mol. The van der Waals surface area contributed by atoms with Crippen molar-refractivity contribution in [2.75, 3.05) is 51.5 Å². The fraction of sp³-hybridized carbons (Fsp3) is 0.619. The second kappa shape index (κ2) is 22.1. The number of anilines is 1. The number of hydrogen-bond donors (Lipinski definition) is 1. The van der Waals surface area contributed by atoms with E-state index in [1.807, 2.05) is 46.6 Å². The van der Waals surface area contributed by atoms with Gasteiger partial charge < -0.3 is 15.0 Å². The smallest absolute Gasteiger partial charge is 0.225 e. The van der Waals surface area contributed by atoms with E-state index < -0.39 is 6.67 Å². The lowest BCUT2D eigenvalue weighted by Gasteiger charge is -2.30. The van der Waals surface area contributed by atoms with Gasteiger partial charge in [0.1, 0.15) is 6.67 Å². The number of aromatic nitrogens is 2. The van der Waals surface area contributed by atoms with Crippen molar-refractivity contribution >= 4 is 18.9 Å². The highest BCUT2D eigenvalue weighted by atomic mass is 19.1. The van der Waals surface area contributed by atoms with Crippen LogP contribution in [0.1, 0.15) is 34.6 Å². The molecule has 1 heterocycles. The number of alkyl halides is 1. The first kappa shape index (κ1) is 29.0. The molecule has 0 aliphatic carbocycles. The number of allylic oxidation sites excluding steroid dienone is 1. The molecule has 1 rings (SSSR count). The zero-order valence-electron chi connectivity index (χ0n) is 18.9. The van der Waals surface area contributed by atoms with Gasteiger partial charge in [0, 0.05) is 37.9 Å². The highest BCUT2D eigenvalue weighted by Gasteiger charge is 2.20. The minimum Gasteiger partial charge on any atom is -0.377 e. The zero-order valence-corrected chi connectivity index (χ0v) is 18.9. The van der Waals surface area contributed by atoms with Crippen LogP contribution in [0.5, 0.6) is 0 Å². The Bertz CT molecular complexity index is 539. The van der Waals surface area contributed by atoms with Crippen molar-refractivity contribution in [2.24, 2.45) is 9.98 Å². The van der Waals surface area contributed by atoms with Crippen LogP contribution in [0.2, 0.25) is 0 Å². The van der Waals surface area contributed by atoms with Gasteiger partial charge in [-0.25, -0.2) is 14.4 Å². The summed E-state index contributed by atoms with van der Waals surface area (Å²) in [7, 11) is 1.88. The minimum atomic E-state index is -0.513. The first-order valence-corrected chi connectivity index (χ1v) is 10.2. The van der Waals surface area contributed by atoms with E-state index in [1.165, 1.54) is 0 Å². The van der Waals surface area contributed by atoms with Crippen LogP contribution < -0.4 is 10.2 Å². The molecule has 1 aromatic heterocycles. The molecular weight excluding hydrogens is 371 g/mol. The van der Waals surface area contributed by atoms with Crippen LogP contribution in [0.4, 0.5) is 10.3 Å². The molecule has 8 heteroatoms. The molecule has 0 radical (unpaired) electrons. The molecule has 0 saturated carbocycles. The summed E-state index contributed by atoms with van der Waals surface area (Å²) in [5.74, 6) is 0.599. The summed E-state index contributed by atoms with van der Waals surface area (Å²) >= 11 is 0. The van der Waals surface area contributed by atoms with Crippen molar-refractivity contribution in [3.05, 3.63) is 30.2 Å². The van der Waals surface area contributed by atoms with E-state index in [0.717, 1.165) is 12.1 Å². The standard InChI is InChI=1S/C17H27FN6O.2C2H6/c1-15(11-20-3)12-21-13-16(14-25-10-5-18)24(9-8-19-2)17-22-6-4-7-23-17;2*1-2/h4,6-7,11-12,16,19H,3,5,8-10,13-14H2,1-2H3;2*1-2H3/b15-11-,21-12?;;. The van der Waals surface area contributed by atoms with Gasteiger partial charge >= 0.3 is 0 Å². The molecule has 7 nitrogen and oxygen atoms in total. The summed E-state index contributed by atoms with van der Waals surface area (Å²) in [5.41, 5.74) is 0.899. The summed E-state index contributed by atoms with van der Waals surface area (Å²) in [6.45, 7) is 15.1. The Morgan fingerprint density at radius 3 is 2.52 bits per heavy atom. The normalized spacial score (nSPS) is 11.8. The molecular formula is C21H39FN6O. The van der Waals surface area contributed by atoms with E-state index in [2.05, 4.69) is 32.0 Å². The summed E-state index contributed by atoms with van der Waals surface area (Å²) in [6.07, 6.45) is 6.76. The van der Waals surface area contributed by atoms with Crippen LogP contribution in [0.3, 0.4) is 0 Å². The molecule has 0 aliphatic heterocycles. The molecule has 1 aromatic rings. The van der Waals surface area contributed by atoms with Gasteiger partial charge in [-0.2, -0.15) is 0 Å². The van der Waals surface area contributed by atoms with Gasteiger partial charge in [-0.3, -0.25) is 9.98 Å². The third-order valence-electron chi connectivity index (χ3n) is 3.29. The fourth-order valence-corrected chi connectivity index (χ4v) is 2.13. The molecule has 1 unspecified atom stereocenters. The quantitative estimate of drug-likeness (QED) is 0.397. The molecule has 0 aromatic carbocycles. The number of ether oxygens (including phenoxy) is 1. The van der Waals surface area contributed by atoms with Gasteiger partial charge in [0.05, 0.1) is 25.8 Å². The van der Waals surface area contributed by atoms with Crippen LogP contribution in [0.25, 0.3) is 0 Å². The number of nitrogens with zero attached hydrogens (tertiary/aromatic N) is 5. The van der Waals surface area contributed by atoms with Crippen molar-refractivity contribution in [3.63, 3.8) is 0 Å². The third-order valence-corrected chi connectivity index (χ3v) is 3.29. The third kappa shape index (κ3) is 14.5. The first-order chi connectivity index (χ1) is 14.2. The van der Waals surface area contributed by atoms with Crippen molar-refractivity contribution in [3.8, 4) is 0 Å². The predicted octanol–water partition coefficient (Wildman–Crippen LogP) is 3.58. The van der Waals surface area contributed by atoms with Crippen LogP contribution in [-0.2, 0) is 4.74 Å². The zero-order chi connectivity index (χ0) is 22.3. The van der Waals surface area contributed by atoms with Crippen molar-refractivity contribution in [1.29, 1.82) is 0 Å². The van der Waals surface area contributed by atoms with Gasteiger partial charge in [-0.15, -0.1) is 0 Å². The Morgan fingerprint density at radius 1 is 1.31 bits per heavy atom. The fourth-order valence-electron chi connectivity index (χ4n) is 2.13. The summed E-state index contributed by atoms with van der Waals surface area (Å²) < 4.78 is 17.8. The molecule has 166 valence electrons. The predicted molar refractivity (Wildman–Crippen MR) is 123 cm³/mol. The van der Waals surface area contributed by atoms with E-state index >= 15 is 0 Å². The van der Waals surface area contributed by atoms with Gasteiger partial charge in [0.15, 0.2) is 0 Å². The highest BCUT2D eigenvalue weighted by Crippen LogP contribution is 2.11. The lowest BCUT2D eigenvalue weighted by molar-refractivity contribution is 0.106. The largest absolute Gasteiger partial charge is 0.377 e. The van der Waals surface area contributed by atoms with Crippen LogP contribution in [0.15, 0.2) is 40.2 Å². The second-order valence-corrected chi connectivity index (χ2v) is 5.31. The maximum absolute atomic E-state index is 12.4. The van der Waals surface area contributed by atoms with Gasteiger partial charge in [-0.1, -0.05) is 27.7 Å². The Hall–Kier alpha value is -2.19. The van der Waals surface area contributed by atoms with Crippen LogP contribution in [0, 0.1) is 0 Å². The van der Waals surface area contributed by atoms with Crippen molar-refractivity contribution < 1.29 is 9.13 Å². The van der Waals surface area contributed by atoms with Crippen LogP contribution >= 0.6 is 0 Å². The lowest BCUT2D eigenvalue weighted by Crippen LogP contribution is -2.45. The molecule has 0 spiro atoms. The number of hydrogen-bond acceptors (Lipinski definition) is 7. The maximum Gasteiger partial charge on any atom is 0.225 e. The van der Waals surface area contributed by atoms with E-state index in [-0.39, 0.29) is 12.6 Å². The van der Waals surface area contributed by atoms with Gasteiger partial charge in [0.25, 0.3) is 0 Å². The summed E-state index contributed by atoms with van der Waals surface area (Å²) in [4.78, 5) is 18.8. The molecule has 29 heavy (non-hydrogen) atoms. The summed E-state index contributed by atoms with van der Waals surface area (Å²) in [5, 5.41) is 3.12. The maximum atomic E-state index is 12.4. The summed E-state index contributed by atoms with van der Waals surface area (Å²) in [6, 6.07) is 1.66. The second-order valence-electron chi connectivity index (χ2n) is 5.31. The molecule has 0 aliphatic rings. The number of aliphatic imine (C=N–C) groups is 2. The Kier molecular flexibility index (Phi) is 22.1. The first-order valence-electron chi connectivity index (χ1n) is 10.2. The van der Waals surface area contributed by atoms with E-state index in [9.17, 15) is 4.39 Å². The van der Waals surface area contributed by atoms with E-state index in [0.29, 0.717) is 25.6 Å². The number of rotatable bonds is 13. The molecule has 0 fully saturated rings. The molecule has 1 atom stereocenters. The Balaban J connectivity index is 0. The SMILES string of the molecule is C=N/C=C(/C)C=NCC(COCCF)N(CCNC)c1ncccn1.CC.CC. The lowest BCUT2D eigenvalue weighted by atomic mass is 10.2. The monoisotopic (exact) mass is 410 g/mol. The molecule has 0 bridgehead atoms. The van der Waals surface area contributed by atoms with Crippen LogP contribution in [-0.4, -0.2) is 75.5 Å². The number of halogens is 1. The molecule has 1 N–H and O–H groups in total. The van der Waals surface area contributed by atoms with E-state index in [4.69, 9.17) is 4.74 Å². The number of nitrogens with one attached hydrogen (secondary N) is 1. The van der Waals surface area contributed by atoms with Gasteiger partial charge in [-0.05, 0) is 32.3 Å². The topological polar surface area (TPSA) is 75.0 Å². The van der Waals surface area contributed by atoms with E-state index in [1.54, 1.807) is 30.9 Å². The Labute approximate surface area is 176 Å². The average Bonchev–Trinajstić information content (AvgIpc) is 2.77. The van der Waals surface area contributed by atoms with Crippen molar-refractivity contribution in [1.82, 2.24) is 15.3 Å². The highest BCUT2D eigenvalue weighted by molar-refractivity contribution is 5.77. The Morgan fingerprint density at radius 2 is 1.97 bits per heavy atom. The minimum absolute atomic E-state index is 0.0645.